The molecule has 1 fully saturated rings. The Hall–Kier alpha value is -1.79. The maximum atomic E-state index is 4.05. The Morgan fingerprint density at radius 1 is 1.39 bits per heavy atom. The van der Waals surface area contributed by atoms with Crippen molar-refractivity contribution in [2.24, 2.45) is 5.92 Å². The Morgan fingerprint density at radius 2 is 2.30 bits per heavy atom. The van der Waals surface area contributed by atoms with E-state index in [4.69, 9.17) is 0 Å². The summed E-state index contributed by atoms with van der Waals surface area (Å²) in [6.07, 6.45) is 2.68. The van der Waals surface area contributed by atoms with Crippen LogP contribution in [0.2, 0.25) is 0 Å². The van der Waals surface area contributed by atoms with Gasteiger partial charge in [-0.2, -0.15) is 5.21 Å². The Morgan fingerprint density at radius 3 is 3.09 bits per heavy atom. The zero-order chi connectivity index (χ0) is 16.1. The van der Waals surface area contributed by atoms with Crippen LogP contribution >= 0.6 is 0 Å². The van der Waals surface area contributed by atoms with Crippen LogP contribution in [0.15, 0.2) is 24.3 Å². The first-order chi connectivity index (χ1) is 11.2. The van der Waals surface area contributed by atoms with Crippen LogP contribution in [0.4, 0.5) is 0 Å². The molecular weight excluding hydrogens is 288 g/mol. The molecular formula is C17H26N6. The Bertz CT molecular complexity index is 597. The van der Waals surface area contributed by atoms with Gasteiger partial charge in [0.25, 0.3) is 0 Å². The van der Waals surface area contributed by atoms with Gasteiger partial charge in [0, 0.05) is 25.2 Å². The van der Waals surface area contributed by atoms with Crippen LogP contribution in [-0.2, 0) is 6.54 Å². The van der Waals surface area contributed by atoms with E-state index in [1.165, 1.54) is 38.0 Å². The summed E-state index contributed by atoms with van der Waals surface area (Å²) >= 11 is 0. The molecule has 1 N–H and O–H groups in total. The van der Waals surface area contributed by atoms with Gasteiger partial charge in [-0.15, -0.1) is 10.2 Å². The van der Waals surface area contributed by atoms with Crippen molar-refractivity contribution in [3.63, 3.8) is 0 Å². The normalized spacial score (nSPS) is 19.3. The van der Waals surface area contributed by atoms with Crippen LogP contribution in [0.5, 0.6) is 0 Å². The fourth-order valence-corrected chi connectivity index (χ4v) is 3.50. The van der Waals surface area contributed by atoms with Crippen LogP contribution in [0.1, 0.15) is 25.3 Å². The van der Waals surface area contributed by atoms with Crippen LogP contribution < -0.4 is 0 Å². The lowest BCUT2D eigenvalue weighted by molar-refractivity contribution is 0.146. The van der Waals surface area contributed by atoms with Gasteiger partial charge in [-0.1, -0.05) is 25.1 Å². The topological polar surface area (TPSA) is 60.9 Å². The molecule has 2 aromatic rings. The van der Waals surface area contributed by atoms with Crippen molar-refractivity contribution in [3.05, 3.63) is 29.8 Å². The quantitative estimate of drug-likeness (QED) is 0.884. The molecule has 23 heavy (non-hydrogen) atoms. The molecule has 0 aliphatic carbocycles. The summed E-state index contributed by atoms with van der Waals surface area (Å²) in [5, 5.41) is 14.2. The van der Waals surface area contributed by atoms with Crippen molar-refractivity contribution >= 4 is 0 Å². The first-order valence-electron chi connectivity index (χ1n) is 8.48. The van der Waals surface area contributed by atoms with Crippen LogP contribution in [0.25, 0.3) is 11.4 Å². The smallest absolute Gasteiger partial charge is 0.204 e. The van der Waals surface area contributed by atoms with Gasteiger partial charge in [0.1, 0.15) is 0 Å². The largest absolute Gasteiger partial charge is 0.303 e. The number of likely N-dealkylation sites (tertiary alicyclic amines) is 1. The molecule has 1 saturated heterocycles. The minimum atomic E-state index is 0.653. The number of nitrogens with zero attached hydrogens (tertiary/aromatic N) is 5. The fraction of sp³-hybridized carbons (Fsp3) is 0.588. The SMILES string of the molecule is CCN1CCC[C@@H](CN(C)Cc2cccc(-c3nn[nH]n3)c2)C1. The molecule has 1 atom stereocenters. The van der Waals surface area contributed by atoms with E-state index >= 15 is 0 Å². The van der Waals surface area contributed by atoms with Crippen molar-refractivity contribution in [2.45, 2.75) is 26.3 Å². The number of hydrogen-bond acceptors (Lipinski definition) is 5. The number of benzene rings is 1. The molecule has 0 unspecified atom stereocenters. The molecule has 6 heteroatoms. The summed E-state index contributed by atoms with van der Waals surface area (Å²) in [7, 11) is 2.21. The van der Waals surface area contributed by atoms with Gasteiger partial charge in [-0.3, -0.25) is 0 Å². The van der Waals surface area contributed by atoms with E-state index in [0.717, 1.165) is 24.6 Å². The van der Waals surface area contributed by atoms with Gasteiger partial charge in [0.05, 0.1) is 0 Å². The zero-order valence-electron chi connectivity index (χ0n) is 14.1. The monoisotopic (exact) mass is 314 g/mol. The molecule has 1 aliphatic rings. The van der Waals surface area contributed by atoms with Gasteiger partial charge < -0.3 is 9.80 Å². The molecule has 0 spiro atoms. The lowest BCUT2D eigenvalue weighted by Crippen LogP contribution is -2.39. The number of tetrazole rings is 1. The average Bonchev–Trinajstić information content (AvgIpc) is 3.09. The second kappa shape index (κ2) is 7.66. The number of H-pyrrole nitrogens is 1. The molecule has 6 nitrogen and oxygen atoms in total. The summed E-state index contributed by atoms with van der Waals surface area (Å²) in [4.78, 5) is 5.00. The highest BCUT2D eigenvalue weighted by atomic mass is 15.5. The predicted octanol–water partition coefficient (Wildman–Crippen LogP) is 2.03. The number of piperidine rings is 1. The van der Waals surface area contributed by atoms with E-state index in [2.05, 4.69) is 62.6 Å². The van der Waals surface area contributed by atoms with Crippen molar-refractivity contribution in [1.82, 2.24) is 30.4 Å². The van der Waals surface area contributed by atoms with E-state index in [1.807, 2.05) is 6.07 Å². The number of aromatic nitrogens is 4. The highest BCUT2D eigenvalue weighted by molar-refractivity contribution is 5.54. The number of rotatable bonds is 6. The Balaban J connectivity index is 1.57. The number of nitrogens with one attached hydrogen (secondary N) is 1. The molecule has 1 aromatic carbocycles. The van der Waals surface area contributed by atoms with Gasteiger partial charge in [0.15, 0.2) is 0 Å². The molecule has 124 valence electrons. The maximum Gasteiger partial charge on any atom is 0.204 e. The van der Waals surface area contributed by atoms with E-state index in [0.29, 0.717) is 5.82 Å². The summed E-state index contributed by atoms with van der Waals surface area (Å²) < 4.78 is 0. The Kier molecular flexibility index (Phi) is 5.35. The predicted molar refractivity (Wildman–Crippen MR) is 90.8 cm³/mol. The van der Waals surface area contributed by atoms with Crippen LogP contribution in [-0.4, -0.2) is 63.7 Å². The minimum Gasteiger partial charge on any atom is -0.303 e. The minimum absolute atomic E-state index is 0.653. The van der Waals surface area contributed by atoms with Crippen LogP contribution in [0, 0.1) is 5.92 Å². The highest BCUT2D eigenvalue weighted by Crippen LogP contribution is 2.19. The van der Waals surface area contributed by atoms with Crippen LogP contribution in [0.3, 0.4) is 0 Å². The first kappa shape index (κ1) is 16.1. The van der Waals surface area contributed by atoms with Gasteiger partial charge >= 0.3 is 0 Å². The van der Waals surface area contributed by atoms with Gasteiger partial charge in [-0.05, 0) is 55.7 Å². The van der Waals surface area contributed by atoms with E-state index < -0.39 is 0 Å². The standard InChI is InChI=1S/C17H26N6/c1-3-23-9-5-7-15(13-23)12-22(2)11-14-6-4-8-16(10-14)17-18-20-21-19-17/h4,6,8,10,15H,3,5,7,9,11-13H2,1-2H3,(H,18,19,20,21)/t15-/m0/s1. The summed E-state index contributed by atoms with van der Waals surface area (Å²) in [6.45, 7) is 8.05. The summed E-state index contributed by atoms with van der Waals surface area (Å²) in [5.74, 6) is 1.44. The molecule has 2 heterocycles. The third kappa shape index (κ3) is 4.36. The lowest BCUT2D eigenvalue weighted by atomic mass is 9.97. The highest BCUT2D eigenvalue weighted by Gasteiger charge is 2.20. The van der Waals surface area contributed by atoms with Crippen molar-refractivity contribution < 1.29 is 0 Å². The molecule has 1 aromatic heterocycles. The van der Waals surface area contributed by atoms with Gasteiger partial charge in [-0.25, -0.2) is 0 Å². The maximum absolute atomic E-state index is 4.05. The van der Waals surface area contributed by atoms with Crippen molar-refractivity contribution in [3.8, 4) is 11.4 Å². The molecule has 0 radical (unpaired) electrons. The third-order valence-corrected chi connectivity index (χ3v) is 4.60. The van der Waals surface area contributed by atoms with E-state index in [-0.39, 0.29) is 0 Å². The Labute approximate surface area is 137 Å². The first-order valence-corrected chi connectivity index (χ1v) is 8.48. The van der Waals surface area contributed by atoms with Gasteiger partial charge in [0.2, 0.25) is 5.82 Å². The fourth-order valence-electron chi connectivity index (χ4n) is 3.50. The number of aromatic amines is 1. The average molecular weight is 314 g/mol. The molecule has 1 aliphatic heterocycles. The third-order valence-electron chi connectivity index (χ3n) is 4.60. The second-order valence-electron chi connectivity index (χ2n) is 6.53. The molecule has 3 rings (SSSR count). The lowest BCUT2D eigenvalue weighted by Gasteiger charge is -2.34. The summed E-state index contributed by atoms with van der Waals surface area (Å²) in [6, 6.07) is 8.41. The summed E-state index contributed by atoms with van der Waals surface area (Å²) in [5.41, 5.74) is 2.30. The van der Waals surface area contributed by atoms with Crippen molar-refractivity contribution in [1.29, 1.82) is 0 Å². The second-order valence-corrected chi connectivity index (χ2v) is 6.53. The molecule has 0 bridgehead atoms. The number of hydrogen-bond donors (Lipinski definition) is 1. The zero-order valence-corrected chi connectivity index (χ0v) is 14.1. The molecule has 0 saturated carbocycles. The van der Waals surface area contributed by atoms with E-state index in [9.17, 15) is 0 Å². The molecule has 0 amide bonds. The van der Waals surface area contributed by atoms with E-state index in [1.54, 1.807) is 0 Å². The van der Waals surface area contributed by atoms with Crippen molar-refractivity contribution in [2.75, 3.05) is 33.2 Å².